The monoisotopic (exact) mass is 475 g/mol. The summed E-state index contributed by atoms with van der Waals surface area (Å²) in [4.78, 5) is 12.7. The Morgan fingerprint density at radius 2 is 1.75 bits per heavy atom. The molecule has 0 fully saturated rings. The number of benzene rings is 2. The Hall–Kier alpha value is -3.03. The molecule has 6 nitrogen and oxygen atoms in total. The van der Waals surface area contributed by atoms with Crippen LogP contribution >= 0.6 is 23.2 Å². The first-order valence-corrected chi connectivity index (χ1v) is 10.3. The summed E-state index contributed by atoms with van der Waals surface area (Å²) in [6, 6.07) is 9.92. The van der Waals surface area contributed by atoms with Crippen LogP contribution in [0.3, 0.4) is 0 Å². The molecule has 1 unspecified atom stereocenters. The highest BCUT2D eigenvalue weighted by molar-refractivity contribution is 6.32. The average molecular weight is 476 g/mol. The third-order valence-electron chi connectivity index (χ3n) is 4.17. The van der Waals surface area contributed by atoms with Crippen molar-refractivity contribution in [3.05, 3.63) is 52.0 Å². The first kappa shape index (κ1) is 25.2. The number of carbonyl (C=O) groups is 1. The normalized spacial score (nSPS) is 12.1. The fraction of sp³-hybridized carbons (Fsp3) is 0.292. The molecule has 2 aromatic carbocycles. The zero-order valence-electron chi connectivity index (χ0n) is 17.7. The molecule has 0 aliphatic heterocycles. The van der Waals surface area contributed by atoms with Gasteiger partial charge in [0.15, 0.2) is 17.6 Å². The van der Waals surface area contributed by atoms with Gasteiger partial charge in [0, 0.05) is 17.2 Å². The maximum absolute atomic E-state index is 12.7. The van der Waals surface area contributed by atoms with Gasteiger partial charge in [-0.1, -0.05) is 47.2 Å². The van der Waals surface area contributed by atoms with E-state index in [1.807, 2.05) is 0 Å². The maximum Gasteiger partial charge on any atom is 0.253 e. The number of rotatable bonds is 11. The number of carbonyl (C=O) groups excluding carboxylic acids is 1. The van der Waals surface area contributed by atoms with Crippen LogP contribution in [0.5, 0.6) is 17.2 Å². The number of hydrogen-bond donors (Lipinski definition) is 1. The van der Waals surface area contributed by atoms with Crippen molar-refractivity contribution in [3.63, 3.8) is 0 Å². The predicted molar refractivity (Wildman–Crippen MR) is 124 cm³/mol. The van der Waals surface area contributed by atoms with E-state index < -0.39 is 12.2 Å². The predicted octanol–water partition coefficient (Wildman–Crippen LogP) is 4.29. The third-order valence-corrected chi connectivity index (χ3v) is 4.71. The minimum absolute atomic E-state index is 0.0176. The lowest BCUT2D eigenvalue weighted by atomic mass is 10.1. The first-order chi connectivity index (χ1) is 15.4. The Labute approximate surface area is 198 Å². The van der Waals surface area contributed by atoms with Crippen LogP contribution in [-0.4, -0.2) is 38.9 Å². The third kappa shape index (κ3) is 7.28. The average Bonchev–Trinajstić information content (AvgIpc) is 2.79. The van der Waals surface area contributed by atoms with Crippen molar-refractivity contribution < 1.29 is 23.7 Å². The second-order valence-electron chi connectivity index (χ2n) is 6.55. The minimum atomic E-state index is -0.883. The van der Waals surface area contributed by atoms with Crippen molar-refractivity contribution >= 4 is 29.1 Å². The van der Waals surface area contributed by atoms with E-state index in [-0.39, 0.29) is 25.7 Å². The van der Waals surface area contributed by atoms with E-state index in [9.17, 15) is 4.79 Å². The molecule has 2 atom stereocenters. The second kappa shape index (κ2) is 12.7. The summed E-state index contributed by atoms with van der Waals surface area (Å²) >= 11 is 12.2. The van der Waals surface area contributed by atoms with Crippen LogP contribution in [0.2, 0.25) is 10.0 Å². The molecule has 8 heteroatoms. The number of amides is 1. The summed E-state index contributed by atoms with van der Waals surface area (Å²) in [5.74, 6) is 5.57. The molecule has 1 N–H and O–H groups in total. The van der Waals surface area contributed by atoms with Crippen molar-refractivity contribution in [2.24, 2.45) is 0 Å². The van der Waals surface area contributed by atoms with Crippen molar-refractivity contribution in [3.8, 4) is 41.9 Å². The number of nitrogens with one attached hydrogen (secondary N) is 1. The number of methoxy groups -OCH3 is 1. The lowest BCUT2D eigenvalue weighted by Gasteiger charge is -2.21. The van der Waals surface area contributed by atoms with Crippen molar-refractivity contribution in [2.45, 2.75) is 19.1 Å². The van der Waals surface area contributed by atoms with Crippen molar-refractivity contribution in [1.29, 1.82) is 0 Å². The SMILES string of the molecule is C#CCOc1cc(Cl)c(O[C@H](C)CNC(=O)C(OCC#C)c2ccc(Cl)cc2)cc1OC. The van der Waals surface area contributed by atoms with Crippen LogP contribution in [0.15, 0.2) is 36.4 Å². The molecule has 0 saturated carbocycles. The lowest BCUT2D eigenvalue weighted by molar-refractivity contribution is -0.132. The molecule has 0 spiro atoms. The van der Waals surface area contributed by atoms with Crippen LogP contribution < -0.4 is 19.5 Å². The van der Waals surface area contributed by atoms with Gasteiger partial charge in [0.05, 0.1) is 18.7 Å². The topological polar surface area (TPSA) is 66.0 Å². The summed E-state index contributed by atoms with van der Waals surface area (Å²) in [5.41, 5.74) is 0.631. The van der Waals surface area contributed by atoms with Gasteiger partial charge in [-0.25, -0.2) is 0 Å². The van der Waals surface area contributed by atoms with E-state index in [2.05, 4.69) is 17.2 Å². The molecule has 0 aliphatic rings. The van der Waals surface area contributed by atoms with E-state index in [1.54, 1.807) is 43.3 Å². The highest BCUT2D eigenvalue weighted by atomic mass is 35.5. The van der Waals surface area contributed by atoms with Gasteiger partial charge in [-0.3, -0.25) is 4.79 Å². The van der Waals surface area contributed by atoms with Gasteiger partial charge in [0.25, 0.3) is 5.91 Å². The Bertz CT molecular complexity index is 995. The molecule has 1 amide bonds. The van der Waals surface area contributed by atoms with E-state index >= 15 is 0 Å². The van der Waals surface area contributed by atoms with E-state index in [0.717, 1.165) is 0 Å². The van der Waals surface area contributed by atoms with Crippen LogP contribution in [0.25, 0.3) is 0 Å². The van der Waals surface area contributed by atoms with Crippen molar-refractivity contribution in [2.75, 3.05) is 26.9 Å². The number of halogens is 2. The van der Waals surface area contributed by atoms with Crippen LogP contribution in [0, 0.1) is 24.7 Å². The zero-order chi connectivity index (χ0) is 23.5. The van der Waals surface area contributed by atoms with Gasteiger partial charge in [0.2, 0.25) is 0 Å². The Kier molecular flexibility index (Phi) is 10.0. The Morgan fingerprint density at radius 3 is 2.38 bits per heavy atom. The van der Waals surface area contributed by atoms with Gasteiger partial charge in [-0.15, -0.1) is 12.8 Å². The summed E-state index contributed by atoms with van der Waals surface area (Å²) in [6.07, 6.45) is 9.19. The number of hydrogen-bond acceptors (Lipinski definition) is 5. The maximum atomic E-state index is 12.7. The summed E-state index contributed by atoms with van der Waals surface area (Å²) in [7, 11) is 1.49. The van der Waals surface area contributed by atoms with Crippen LogP contribution in [-0.2, 0) is 9.53 Å². The molecular weight excluding hydrogens is 453 g/mol. The van der Waals surface area contributed by atoms with Gasteiger partial charge < -0.3 is 24.3 Å². The lowest BCUT2D eigenvalue weighted by Crippen LogP contribution is -2.37. The Morgan fingerprint density at radius 1 is 1.06 bits per heavy atom. The molecule has 0 aromatic heterocycles. The van der Waals surface area contributed by atoms with E-state index in [4.69, 9.17) is 55.0 Å². The molecule has 32 heavy (non-hydrogen) atoms. The molecule has 0 bridgehead atoms. The quantitative estimate of drug-likeness (QED) is 0.491. The largest absolute Gasteiger partial charge is 0.493 e. The van der Waals surface area contributed by atoms with Crippen molar-refractivity contribution in [1.82, 2.24) is 5.32 Å². The number of ether oxygens (including phenoxy) is 4. The molecule has 0 saturated heterocycles. The fourth-order valence-electron chi connectivity index (χ4n) is 2.69. The number of terminal acetylenes is 2. The van der Waals surface area contributed by atoms with Gasteiger partial charge in [0.1, 0.15) is 25.1 Å². The fourth-order valence-corrected chi connectivity index (χ4v) is 3.01. The minimum Gasteiger partial charge on any atom is -0.493 e. The summed E-state index contributed by atoms with van der Waals surface area (Å²) in [5, 5.41) is 3.66. The molecular formula is C24H23Cl2NO5. The molecule has 0 aliphatic carbocycles. The van der Waals surface area contributed by atoms with Gasteiger partial charge in [-0.05, 0) is 24.6 Å². The highest BCUT2D eigenvalue weighted by Crippen LogP contribution is 2.38. The molecule has 0 radical (unpaired) electrons. The first-order valence-electron chi connectivity index (χ1n) is 9.58. The molecule has 0 heterocycles. The molecule has 168 valence electrons. The van der Waals surface area contributed by atoms with Crippen LogP contribution in [0.4, 0.5) is 0 Å². The van der Waals surface area contributed by atoms with Gasteiger partial charge >= 0.3 is 0 Å². The Balaban J connectivity index is 2.03. The van der Waals surface area contributed by atoms with E-state index in [0.29, 0.717) is 32.9 Å². The van der Waals surface area contributed by atoms with E-state index in [1.165, 1.54) is 7.11 Å². The summed E-state index contributed by atoms with van der Waals surface area (Å²) < 4.78 is 22.1. The zero-order valence-corrected chi connectivity index (χ0v) is 19.2. The highest BCUT2D eigenvalue weighted by Gasteiger charge is 2.22. The molecule has 2 aromatic rings. The summed E-state index contributed by atoms with van der Waals surface area (Å²) in [6.45, 7) is 2.03. The second-order valence-corrected chi connectivity index (χ2v) is 7.39. The van der Waals surface area contributed by atoms with Crippen LogP contribution in [0.1, 0.15) is 18.6 Å². The molecule has 2 rings (SSSR count). The van der Waals surface area contributed by atoms with Gasteiger partial charge in [-0.2, -0.15) is 0 Å². The standard InChI is InChI=1S/C24H23Cl2NO5/c1-5-11-30-22-13-19(26)20(14-21(22)29-4)32-16(3)15-27-24(28)23(31-12-6-2)17-7-9-18(25)10-8-17/h1-2,7-10,13-14,16,23H,11-12,15H2,3-4H3,(H,27,28)/t16-,23?/m1/s1. The smallest absolute Gasteiger partial charge is 0.253 e.